The third-order valence-electron chi connectivity index (χ3n) is 4.41. The SMILES string of the molecule is O=C(Nc1c(Br)ccc2c(C3CC3)cccc12)c1ccc(F)cc1. The van der Waals surface area contributed by atoms with E-state index in [4.69, 9.17) is 0 Å². The summed E-state index contributed by atoms with van der Waals surface area (Å²) < 4.78 is 13.9. The number of benzene rings is 3. The second-order valence-electron chi connectivity index (χ2n) is 6.10. The van der Waals surface area contributed by atoms with E-state index in [1.54, 1.807) is 0 Å². The average Bonchev–Trinajstić information content (AvgIpc) is 3.42. The highest BCUT2D eigenvalue weighted by atomic mass is 79.9. The maximum Gasteiger partial charge on any atom is 0.255 e. The molecule has 4 rings (SSSR count). The zero-order chi connectivity index (χ0) is 16.7. The molecule has 1 amide bonds. The third kappa shape index (κ3) is 2.82. The lowest BCUT2D eigenvalue weighted by Gasteiger charge is -2.13. The fraction of sp³-hybridized carbons (Fsp3) is 0.150. The fourth-order valence-electron chi connectivity index (χ4n) is 3.02. The maximum absolute atomic E-state index is 13.0. The Hall–Kier alpha value is -2.20. The van der Waals surface area contributed by atoms with E-state index in [9.17, 15) is 9.18 Å². The zero-order valence-corrected chi connectivity index (χ0v) is 14.4. The van der Waals surface area contributed by atoms with E-state index in [0.717, 1.165) is 15.5 Å². The minimum absolute atomic E-state index is 0.250. The molecule has 0 unspecified atom stereocenters. The Morgan fingerprint density at radius 2 is 1.75 bits per heavy atom. The number of halogens is 2. The van der Waals surface area contributed by atoms with Crippen LogP contribution in [0, 0.1) is 5.82 Å². The molecule has 0 spiro atoms. The number of rotatable bonds is 3. The van der Waals surface area contributed by atoms with Crippen molar-refractivity contribution >= 4 is 38.3 Å². The van der Waals surface area contributed by atoms with Crippen molar-refractivity contribution in [2.75, 3.05) is 5.32 Å². The van der Waals surface area contributed by atoms with Gasteiger partial charge in [-0.05, 0) is 76.0 Å². The molecular formula is C20H15BrFNO. The van der Waals surface area contributed by atoms with E-state index in [1.165, 1.54) is 48.1 Å². The van der Waals surface area contributed by atoms with Crippen molar-refractivity contribution in [3.8, 4) is 0 Å². The Bertz CT molecular complexity index is 932. The molecule has 24 heavy (non-hydrogen) atoms. The maximum atomic E-state index is 13.0. The smallest absolute Gasteiger partial charge is 0.255 e. The first kappa shape index (κ1) is 15.3. The first-order chi connectivity index (χ1) is 11.6. The fourth-order valence-corrected chi connectivity index (χ4v) is 3.46. The molecule has 4 heteroatoms. The summed E-state index contributed by atoms with van der Waals surface area (Å²) in [4.78, 5) is 12.5. The zero-order valence-electron chi connectivity index (χ0n) is 12.9. The summed E-state index contributed by atoms with van der Waals surface area (Å²) in [7, 11) is 0. The predicted octanol–water partition coefficient (Wildman–Crippen LogP) is 5.87. The molecule has 3 aromatic carbocycles. The van der Waals surface area contributed by atoms with Gasteiger partial charge in [0.05, 0.1) is 5.69 Å². The molecule has 0 atom stereocenters. The number of anilines is 1. The summed E-state index contributed by atoms with van der Waals surface area (Å²) in [6, 6.07) is 15.8. The monoisotopic (exact) mass is 383 g/mol. The van der Waals surface area contributed by atoms with Crippen molar-refractivity contribution in [3.05, 3.63) is 76.0 Å². The minimum atomic E-state index is -0.355. The van der Waals surface area contributed by atoms with Crippen LogP contribution in [0.3, 0.4) is 0 Å². The van der Waals surface area contributed by atoms with Crippen LogP contribution in [-0.4, -0.2) is 5.91 Å². The van der Waals surface area contributed by atoms with E-state index in [1.807, 2.05) is 18.2 Å². The molecule has 0 aliphatic heterocycles. The van der Waals surface area contributed by atoms with E-state index < -0.39 is 0 Å². The number of fused-ring (bicyclic) bond motifs is 1. The Balaban J connectivity index is 1.75. The van der Waals surface area contributed by atoms with Crippen LogP contribution >= 0.6 is 15.9 Å². The largest absolute Gasteiger partial charge is 0.320 e. The highest BCUT2D eigenvalue weighted by molar-refractivity contribution is 9.10. The van der Waals surface area contributed by atoms with Crippen molar-refractivity contribution in [1.29, 1.82) is 0 Å². The van der Waals surface area contributed by atoms with Gasteiger partial charge >= 0.3 is 0 Å². The van der Waals surface area contributed by atoms with Gasteiger partial charge in [0, 0.05) is 15.4 Å². The third-order valence-corrected chi connectivity index (χ3v) is 5.07. The van der Waals surface area contributed by atoms with Crippen molar-refractivity contribution in [1.82, 2.24) is 0 Å². The normalized spacial score (nSPS) is 13.9. The van der Waals surface area contributed by atoms with Gasteiger partial charge in [-0.3, -0.25) is 4.79 Å². The summed E-state index contributed by atoms with van der Waals surface area (Å²) in [6.45, 7) is 0. The van der Waals surface area contributed by atoms with Crippen molar-refractivity contribution in [2.24, 2.45) is 0 Å². The first-order valence-corrected chi connectivity index (χ1v) is 8.71. The Labute approximate surface area is 147 Å². The van der Waals surface area contributed by atoms with Gasteiger partial charge in [-0.2, -0.15) is 0 Å². The predicted molar refractivity (Wildman–Crippen MR) is 98.0 cm³/mol. The molecule has 1 aliphatic rings. The van der Waals surface area contributed by atoms with Gasteiger partial charge in [-0.25, -0.2) is 4.39 Å². The summed E-state index contributed by atoms with van der Waals surface area (Å²) in [5, 5.41) is 5.16. The minimum Gasteiger partial charge on any atom is -0.320 e. The molecular weight excluding hydrogens is 369 g/mol. The van der Waals surface area contributed by atoms with Gasteiger partial charge in [0.2, 0.25) is 0 Å². The highest BCUT2D eigenvalue weighted by Crippen LogP contribution is 2.45. The van der Waals surface area contributed by atoms with Crippen LogP contribution in [0.25, 0.3) is 10.8 Å². The molecule has 1 saturated carbocycles. The van der Waals surface area contributed by atoms with Crippen molar-refractivity contribution in [3.63, 3.8) is 0 Å². The molecule has 0 aromatic heterocycles. The molecule has 1 aliphatic carbocycles. The van der Waals surface area contributed by atoms with E-state index >= 15 is 0 Å². The standard InChI is InChI=1S/C20H15BrFNO/c21-18-11-10-16-15(12-4-5-12)2-1-3-17(16)19(18)23-20(24)13-6-8-14(22)9-7-13/h1-3,6-12H,4-5H2,(H,23,24). The van der Waals surface area contributed by atoms with E-state index in [-0.39, 0.29) is 11.7 Å². The van der Waals surface area contributed by atoms with Gasteiger partial charge in [0.1, 0.15) is 5.82 Å². The molecule has 0 saturated heterocycles. The van der Waals surface area contributed by atoms with Gasteiger partial charge < -0.3 is 5.32 Å². The highest BCUT2D eigenvalue weighted by Gasteiger charge is 2.25. The molecule has 0 heterocycles. The molecule has 1 N–H and O–H groups in total. The van der Waals surface area contributed by atoms with Gasteiger partial charge in [0.25, 0.3) is 5.91 Å². The summed E-state index contributed by atoms with van der Waals surface area (Å²) >= 11 is 3.53. The van der Waals surface area contributed by atoms with Crippen molar-refractivity contribution in [2.45, 2.75) is 18.8 Å². The van der Waals surface area contributed by atoms with Gasteiger partial charge in [0.15, 0.2) is 0 Å². The second-order valence-corrected chi connectivity index (χ2v) is 6.95. The van der Waals surface area contributed by atoms with Crippen LogP contribution in [-0.2, 0) is 0 Å². The lowest BCUT2D eigenvalue weighted by molar-refractivity contribution is 0.102. The molecule has 0 radical (unpaired) electrons. The number of nitrogens with one attached hydrogen (secondary N) is 1. The van der Waals surface area contributed by atoms with Crippen LogP contribution in [0.4, 0.5) is 10.1 Å². The second kappa shape index (κ2) is 6.02. The first-order valence-electron chi connectivity index (χ1n) is 7.91. The summed E-state index contributed by atoms with van der Waals surface area (Å²) in [5.41, 5.74) is 2.53. The van der Waals surface area contributed by atoms with E-state index in [0.29, 0.717) is 11.5 Å². The number of amides is 1. The van der Waals surface area contributed by atoms with Gasteiger partial charge in [-0.1, -0.05) is 24.3 Å². The number of carbonyl (C=O) groups excluding carboxylic acids is 1. The average molecular weight is 384 g/mol. The molecule has 1 fully saturated rings. The lowest BCUT2D eigenvalue weighted by atomic mass is 10.00. The molecule has 2 nitrogen and oxygen atoms in total. The summed E-state index contributed by atoms with van der Waals surface area (Å²) in [5.74, 6) is 0.0301. The van der Waals surface area contributed by atoms with Crippen LogP contribution in [0.5, 0.6) is 0 Å². The Morgan fingerprint density at radius 1 is 1.00 bits per heavy atom. The van der Waals surface area contributed by atoms with Crippen LogP contribution < -0.4 is 5.32 Å². The number of hydrogen-bond donors (Lipinski definition) is 1. The number of hydrogen-bond acceptors (Lipinski definition) is 1. The topological polar surface area (TPSA) is 29.1 Å². The summed E-state index contributed by atoms with van der Waals surface area (Å²) in [6.07, 6.45) is 2.46. The van der Waals surface area contributed by atoms with Crippen LogP contribution in [0.1, 0.15) is 34.7 Å². The van der Waals surface area contributed by atoms with Crippen molar-refractivity contribution < 1.29 is 9.18 Å². The van der Waals surface area contributed by atoms with E-state index in [2.05, 4.69) is 33.4 Å². The molecule has 0 bridgehead atoms. The molecule has 3 aromatic rings. The molecule has 120 valence electrons. The quantitative estimate of drug-likeness (QED) is 0.601. The lowest BCUT2D eigenvalue weighted by Crippen LogP contribution is -2.12. The Morgan fingerprint density at radius 3 is 2.46 bits per heavy atom. The van der Waals surface area contributed by atoms with Crippen LogP contribution in [0.2, 0.25) is 0 Å². The Kier molecular flexibility index (Phi) is 3.85. The van der Waals surface area contributed by atoms with Gasteiger partial charge in [-0.15, -0.1) is 0 Å². The number of carbonyl (C=O) groups is 1. The van der Waals surface area contributed by atoms with Crippen LogP contribution in [0.15, 0.2) is 59.1 Å².